The molecule has 0 saturated carbocycles. The molecule has 0 radical (unpaired) electrons. The molecule has 0 aliphatic carbocycles. The molecule has 120 valence electrons. The number of hydrogen-bond acceptors (Lipinski definition) is 5. The van der Waals surface area contributed by atoms with E-state index in [2.05, 4.69) is 10.3 Å². The molecule has 0 atom stereocenters. The highest BCUT2D eigenvalue weighted by atomic mass is 16.5. The Morgan fingerprint density at radius 2 is 2.26 bits per heavy atom. The van der Waals surface area contributed by atoms with Gasteiger partial charge in [-0.15, -0.1) is 0 Å². The second-order valence-corrected chi connectivity index (χ2v) is 5.46. The average molecular weight is 315 g/mol. The highest BCUT2D eigenvalue weighted by Gasteiger charge is 2.21. The molecule has 0 bridgehead atoms. The third kappa shape index (κ3) is 3.22. The van der Waals surface area contributed by atoms with Crippen LogP contribution in [0.3, 0.4) is 0 Å². The SMILES string of the molecule is Cn1ccnc1CN1CC(=O)Nc2ccc(C(=O)NO)cc2C1. The van der Waals surface area contributed by atoms with Gasteiger partial charge in [0.25, 0.3) is 5.91 Å². The first-order chi connectivity index (χ1) is 11.1. The van der Waals surface area contributed by atoms with E-state index >= 15 is 0 Å². The van der Waals surface area contributed by atoms with E-state index in [4.69, 9.17) is 5.21 Å². The van der Waals surface area contributed by atoms with Crippen molar-refractivity contribution in [1.29, 1.82) is 0 Å². The summed E-state index contributed by atoms with van der Waals surface area (Å²) in [5, 5.41) is 11.6. The van der Waals surface area contributed by atoms with Gasteiger partial charge in [0.2, 0.25) is 5.91 Å². The van der Waals surface area contributed by atoms with Gasteiger partial charge in [0, 0.05) is 37.2 Å². The Morgan fingerprint density at radius 3 is 2.96 bits per heavy atom. The molecule has 3 rings (SSSR count). The number of rotatable bonds is 3. The van der Waals surface area contributed by atoms with Gasteiger partial charge in [0.15, 0.2) is 0 Å². The van der Waals surface area contributed by atoms with Crippen molar-refractivity contribution in [2.45, 2.75) is 13.1 Å². The molecule has 0 saturated heterocycles. The van der Waals surface area contributed by atoms with Crippen LogP contribution in [0.4, 0.5) is 5.69 Å². The minimum atomic E-state index is -0.584. The number of carbonyl (C=O) groups is 2. The normalized spacial score (nSPS) is 14.8. The molecule has 0 fully saturated rings. The fraction of sp³-hybridized carbons (Fsp3) is 0.267. The summed E-state index contributed by atoms with van der Waals surface area (Å²) >= 11 is 0. The van der Waals surface area contributed by atoms with Crippen LogP contribution in [0.1, 0.15) is 21.7 Å². The van der Waals surface area contributed by atoms with Gasteiger partial charge in [-0.3, -0.25) is 19.7 Å². The fourth-order valence-corrected chi connectivity index (χ4v) is 2.60. The van der Waals surface area contributed by atoms with Gasteiger partial charge >= 0.3 is 0 Å². The second kappa shape index (κ2) is 6.19. The van der Waals surface area contributed by atoms with Crippen molar-refractivity contribution in [3.63, 3.8) is 0 Å². The third-order valence-electron chi connectivity index (χ3n) is 3.79. The summed E-state index contributed by atoms with van der Waals surface area (Å²) in [6.07, 6.45) is 3.57. The molecular formula is C15H17N5O3. The topological polar surface area (TPSA) is 99.5 Å². The fourth-order valence-electron chi connectivity index (χ4n) is 2.60. The molecule has 8 heteroatoms. The van der Waals surface area contributed by atoms with Gasteiger partial charge in [-0.1, -0.05) is 0 Å². The molecule has 23 heavy (non-hydrogen) atoms. The van der Waals surface area contributed by atoms with Gasteiger partial charge in [0.05, 0.1) is 13.1 Å². The third-order valence-corrected chi connectivity index (χ3v) is 3.79. The van der Waals surface area contributed by atoms with Crippen molar-refractivity contribution in [3.05, 3.63) is 47.5 Å². The molecule has 0 unspecified atom stereocenters. The number of aryl methyl sites for hydroxylation is 1. The molecule has 8 nitrogen and oxygen atoms in total. The lowest BCUT2D eigenvalue weighted by molar-refractivity contribution is -0.117. The minimum Gasteiger partial charge on any atom is -0.337 e. The van der Waals surface area contributed by atoms with Gasteiger partial charge < -0.3 is 9.88 Å². The maximum Gasteiger partial charge on any atom is 0.274 e. The summed E-state index contributed by atoms with van der Waals surface area (Å²) < 4.78 is 1.90. The molecule has 2 aromatic rings. The Balaban J connectivity index is 1.88. The number of imidazole rings is 1. The zero-order valence-corrected chi connectivity index (χ0v) is 12.6. The smallest absolute Gasteiger partial charge is 0.274 e. The summed E-state index contributed by atoms with van der Waals surface area (Å²) in [4.78, 5) is 29.8. The van der Waals surface area contributed by atoms with E-state index < -0.39 is 5.91 Å². The first kappa shape index (κ1) is 15.2. The number of aromatic nitrogens is 2. The van der Waals surface area contributed by atoms with Crippen LogP contribution < -0.4 is 10.8 Å². The number of benzene rings is 1. The number of fused-ring (bicyclic) bond motifs is 1. The van der Waals surface area contributed by atoms with Crippen LogP contribution >= 0.6 is 0 Å². The number of nitrogens with zero attached hydrogens (tertiary/aromatic N) is 3. The lowest BCUT2D eigenvalue weighted by atomic mass is 10.1. The van der Waals surface area contributed by atoms with Gasteiger partial charge in [-0.2, -0.15) is 0 Å². The molecule has 1 aliphatic rings. The highest BCUT2D eigenvalue weighted by molar-refractivity contribution is 5.97. The molecule has 1 aliphatic heterocycles. The predicted molar refractivity (Wildman–Crippen MR) is 81.6 cm³/mol. The number of hydroxylamine groups is 1. The first-order valence-corrected chi connectivity index (χ1v) is 7.12. The first-order valence-electron chi connectivity index (χ1n) is 7.12. The Kier molecular flexibility index (Phi) is 4.09. The highest BCUT2D eigenvalue weighted by Crippen LogP contribution is 2.23. The van der Waals surface area contributed by atoms with E-state index in [1.54, 1.807) is 29.9 Å². The lowest BCUT2D eigenvalue weighted by Gasteiger charge is -2.18. The molecule has 2 amide bonds. The number of anilines is 1. The zero-order valence-electron chi connectivity index (χ0n) is 12.6. The summed E-state index contributed by atoms with van der Waals surface area (Å²) in [5.74, 6) is 0.154. The van der Waals surface area contributed by atoms with Crippen molar-refractivity contribution in [1.82, 2.24) is 19.9 Å². The summed E-state index contributed by atoms with van der Waals surface area (Å²) in [6, 6.07) is 4.89. The van der Waals surface area contributed by atoms with Crippen LogP contribution in [0, 0.1) is 0 Å². The molecule has 3 N–H and O–H groups in total. The molecule has 1 aromatic carbocycles. The standard InChI is InChI=1S/C15H17N5O3/c1-19-5-4-16-13(19)8-20-7-11-6-10(15(22)18-23)2-3-12(11)17-14(21)9-20/h2-6,23H,7-9H2,1H3,(H,17,21)(H,18,22). The number of nitrogens with one attached hydrogen (secondary N) is 2. The van der Waals surface area contributed by atoms with E-state index in [9.17, 15) is 9.59 Å². The van der Waals surface area contributed by atoms with Crippen LogP contribution in [-0.2, 0) is 24.9 Å². The van der Waals surface area contributed by atoms with E-state index in [0.717, 1.165) is 11.4 Å². The summed E-state index contributed by atoms with van der Waals surface area (Å²) in [5.41, 5.74) is 3.43. The molecule has 2 heterocycles. The van der Waals surface area contributed by atoms with Crippen LogP contribution in [0.15, 0.2) is 30.6 Å². The van der Waals surface area contributed by atoms with Crippen LogP contribution in [0.2, 0.25) is 0 Å². The van der Waals surface area contributed by atoms with Crippen LogP contribution in [0.5, 0.6) is 0 Å². The van der Waals surface area contributed by atoms with Gasteiger partial charge in [-0.25, -0.2) is 10.5 Å². The molecule has 0 spiro atoms. The number of amides is 2. The second-order valence-electron chi connectivity index (χ2n) is 5.46. The molecule has 1 aromatic heterocycles. The van der Waals surface area contributed by atoms with Crippen molar-refractivity contribution in [2.75, 3.05) is 11.9 Å². The predicted octanol–water partition coefficient (Wildman–Crippen LogP) is 0.493. The summed E-state index contributed by atoms with van der Waals surface area (Å²) in [7, 11) is 1.90. The largest absolute Gasteiger partial charge is 0.337 e. The monoisotopic (exact) mass is 315 g/mol. The number of carbonyl (C=O) groups excluding carboxylic acids is 2. The van der Waals surface area contributed by atoms with Crippen LogP contribution in [0.25, 0.3) is 0 Å². The van der Waals surface area contributed by atoms with Gasteiger partial charge in [-0.05, 0) is 23.8 Å². The van der Waals surface area contributed by atoms with Crippen molar-refractivity contribution >= 4 is 17.5 Å². The van der Waals surface area contributed by atoms with Crippen LogP contribution in [-0.4, -0.2) is 38.0 Å². The quantitative estimate of drug-likeness (QED) is 0.565. The van der Waals surface area contributed by atoms with E-state index in [1.807, 2.05) is 22.7 Å². The summed E-state index contributed by atoms with van der Waals surface area (Å²) in [6.45, 7) is 1.25. The molecular weight excluding hydrogens is 298 g/mol. The van der Waals surface area contributed by atoms with Crippen molar-refractivity contribution in [3.8, 4) is 0 Å². The maximum atomic E-state index is 12.0. The van der Waals surface area contributed by atoms with Crippen molar-refractivity contribution < 1.29 is 14.8 Å². The Morgan fingerprint density at radius 1 is 1.43 bits per heavy atom. The Bertz CT molecular complexity index is 755. The van der Waals surface area contributed by atoms with Crippen molar-refractivity contribution in [2.24, 2.45) is 7.05 Å². The Hall–Kier alpha value is -2.71. The number of hydrogen-bond donors (Lipinski definition) is 3. The van der Waals surface area contributed by atoms with Gasteiger partial charge in [0.1, 0.15) is 5.82 Å². The van der Waals surface area contributed by atoms with E-state index in [-0.39, 0.29) is 12.5 Å². The van der Waals surface area contributed by atoms with E-state index in [0.29, 0.717) is 24.3 Å². The lowest BCUT2D eigenvalue weighted by Crippen LogP contribution is -2.30. The zero-order chi connectivity index (χ0) is 16.4. The minimum absolute atomic E-state index is 0.114. The van der Waals surface area contributed by atoms with E-state index in [1.165, 1.54) is 0 Å². The maximum absolute atomic E-state index is 12.0. The Labute approximate surface area is 132 Å². The average Bonchev–Trinajstić information content (AvgIpc) is 2.85.